The van der Waals surface area contributed by atoms with Crippen molar-refractivity contribution in [2.45, 2.75) is 51.7 Å². The first-order valence-corrected chi connectivity index (χ1v) is 8.76. The second kappa shape index (κ2) is 9.34. The summed E-state index contributed by atoms with van der Waals surface area (Å²) in [6.07, 6.45) is -1.15. The van der Waals surface area contributed by atoms with Crippen molar-refractivity contribution in [3.63, 3.8) is 0 Å². The standard InChI is InChI=1S/C18H23N3O8/c1-18(2,3)27-17(25)19-13(10-11-4-6-12(7-5-11)20-29-26)16(24)28-21-14(22)8-9-15(21)23/h4-7,13,20,26H,8-10H2,1-3H3,(H,19,25)/p-1. The number of rotatable bonds is 7. The van der Waals surface area contributed by atoms with Crippen molar-refractivity contribution < 1.29 is 39.3 Å². The minimum absolute atomic E-state index is 0.0542. The van der Waals surface area contributed by atoms with Crippen LogP contribution < -0.4 is 10.6 Å². The van der Waals surface area contributed by atoms with Gasteiger partial charge in [0.05, 0.1) is 5.69 Å². The van der Waals surface area contributed by atoms with E-state index in [-0.39, 0.29) is 19.3 Å². The number of carbonyl (C=O) groups is 3. The molecule has 0 aliphatic carbocycles. The van der Waals surface area contributed by atoms with Crippen molar-refractivity contribution in [1.29, 1.82) is 0 Å². The zero-order valence-corrected chi connectivity index (χ0v) is 16.2. The van der Waals surface area contributed by atoms with E-state index >= 15 is 0 Å². The predicted molar refractivity (Wildman–Crippen MR) is 96.7 cm³/mol. The van der Waals surface area contributed by atoms with Gasteiger partial charge in [-0.15, -0.1) is 10.1 Å². The van der Waals surface area contributed by atoms with Crippen molar-refractivity contribution in [2.24, 2.45) is 4.99 Å². The van der Waals surface area contributed by atoms with Gasteiger partial charge in [-0.3, -0.25) is 14.6 Å². The van der Waals surface area contributed by atoms with Crippen molar-refractivity contribution >= 4 is 29.6 Å². The average molecular weight is 408 g/mol. The van der Waals surface area contributed by atoms with Gasteiger partial charge in [0, 0.05) is 24.9 Å². The summed E-state index contributed by atoms with van der Waals surface area (Å²) in [5, 5.41) is 20.8. The highest BCUT2D eigenvalue weighted by molar-refractivity contribution is 6.01. The lowest BCUT2D eigenvalue weighted by Gasteiger charge is -2.30. The molecule has 0 radical (unpaired) electrons. The molecule has 1 heterocycles. The zero-order chi connectivity index (χ0) is 21.6. The third kappa shape index (κ3) is 6.73. The molecule has 0 aromatic heterocycles. The van der Waals surface area contributed by atoms with Crippen LogP contribution in [0.1, 0.15) is 39.2 Å². The van der Waals surface area contributed by atoms with E-state index in [4.69, 9.17) is 14.8 Å². The monoisotopic (exact) mass is 408 g/mol. The normalized spacial score (nSPS) is 16.0. The fraction of sp³-hybridized carbons (Fsp3) is 0.444. The van der Waals surface area contributed by atoms with Crippen LogP contribution >= 0.6 is 0 Å². The first-order valence-electron chi connectivity index (χ1n) is 8.76. The number of hydrogen-bond acceptors (Lipinski definition) is 10. The van der Waals surface area contributed by atoms with Gasteiger partial charge in [0.2, 0.25) is 0 Å². The molecule has 1 unspecified atom stereocenters. The maximum Gasteiger partial charge on any atom is 0.357 e. The van der Waals surface area contributed by atoms with Crippen molar-refractivity contribution in [3.8, 4) is 0 Å². The molecular weight excluding hydrogens is 386 g/mol. The van der Waals surface area contributed by atoms with Gasteiger partial charge < -0.3 is 14.7 Å². The Balaban J connectivity index is 2.20. The van der Waals surface area contributed by atoms with Gasteiger partial charge >= 0.3 is 5.97 Å². The number of imide groups is 1. The molecule has 0 spiro atoms. The molecule has 0 saturated carbocycles. The van der Waals surface area contributed by atoms with E-state index in [1.54, 1.807) is 45.0 Å². The molecule has 1 aromatic carbocycles. The van der Waals surface area contributed by atoms with Crippen LogP contribution in [0.5, 0.6) is 0 Å². The fourth-order valence-electron chi connectivity index (χ4n) is 2.39. The van der Waals surface area contributed by atoms with Crippen LogP contribution in [0.2, 0.25) is 0 Å². The second-order valence-corrected chi connectivity index (χ2v) is 7.21. The molecule has 2 rings (SSSR count). The summed E-state index contributed by atoms with van der Waals surface area (Å²) in [6, 6.07) is 4.94. The van der Waals surface area contributed by atoms with Gasteiger partial charge in [-0.25, -0.2) is 15.5 Å². The first kappa shape index (κ1) is 22.1. The SMILES string of the molecule is CC(C)(C)OC([O-])=NC(Cc1ccc(NOO)cc1)C(=O)ON1C(=O)CCC1=O. The maximum atomic E-state index is 12.5. The average Bonchev–Trinajstić information content (AvgIpc) is 2.93. The molecule has 1 fully saturated rings. The lowest BCUT2D eigenvalue weighted by molar-refractivity contribution is -0.261. The number of benzene rings is 1. The molecule has 1 aliphatic heterocycles. The van der Waals surface area contributed by atoms with Gasteiger partial charge in [-0.05, 0) is 17.7 Å². The molecule has 158 valence electrons. The summed E-state index contributed by atoms with van der Waals surface area (Å²) in [5.74, 6) is -2.32. The lowest BCUT2D eigenvalue weighted by atomic mass is 10.1. The number of anilines is 1. The minimum Gasteiger partial charge on any atom is -0.595 e. The first-order chi connectivity index (χ1) is 13.6. The molecule has 11 nitrogen and oxygen atoms in total. The fourth-order valence-corrected chi connectivity index (χ4v) is 2.39. The zero-order valence-electron chi connectivity index (χ0n) is 16.2. The maximum absolute atomic E-state index is 12.5. The number of hydrogen-bond donors (Lipinski definition) is 2. The third-order valence-electron chi connectivity index (χ3n) is 3.66. The van der Waals surface area contributed by atoms with E-state index in [9.17, 15) is 19.5 Å². The predicted octanol–water partition coefficient (Wildman–Crippen LogP) is 0.553. The summed E-state index contributed by atoms with van der Waals surface area (Å²) >= 11 is 0. The number of aliphatic imine (C=N–C) groups is 1. The van der Waals surface area contributed by atoms with Crippen LogP contribution in [0.4, 0.5) is 5.69 Å². The smallest absolute Gasteiger partial charge is 0.357 e. The van der Waals surface area contributed by atoms with Crippen molar-refractivity contribution in [1.82, 2.24) is 5.06 Å². The largest absolute Gasteiger partial charge is 0.595 e. The topological polar surface area (TPSA) is 150 Å². The Bertz CT molecular complexity index is 769. The number of nitrogens with zero attached hydrogens (tertiary/aromatic N) is 2. The molecular formula is C18H22N3O8-. The van der Waals surface area contributed by atoms with Crippen LogP contribution in [0, 0.1) is 0 Å². The van der Waals surface area contributed by atoms with Gasteiger partial charge in [0.1, 0.15) is 6.08 Å². The van der Waals surface area contributed by atoms with Crippen molar-refractivity contribution in [2.75, 3.05) is 5.48 Å². The highest BCUT2D eigenvalue weighted by Crippen LogP contribution is 2.17. The Kier molecular flexibility index (Phi) is 7.13. The molecule has 2 N–H and O–H groups in total. The van der Waals surface area contributed by atoms with Crippen molar-refractivity contribution in [3.05, 3.63) is 29.8 Å². The second-order valence-electron chi connectivity index (χ2n) is 7.21. The van der Waals surface area contributed by atoms with Gasteiger partial charge in [-0.1, -0.05) is 32.9 Å². The van der Waals surface area contributed by atoms with Gasteiger partial charge in [0.15, 0.2) is 6.04 Å². The molecule has 2 amide bonds. The number of ether oxygens (including phenoxy) is 1. The Morgan fingerprint density at radius 3 is 2.34 bits per heavy atom. The molecule has 29 heavy (non-hydrogen) atoms. The van der Waals surface area contributed by atoms with Crippen LogP contribution in [-0.4, -0.2) is 45.8 Å². The van der Waals surface area contributed by atoms with E-state index < -0.39 is 35.5 Å². The number of hydroxylamine groups is 2. The van der Waals surface area contributed by atoms with E-state index in [0.29, 0.717) is 16.3 Å². The van der Waals surface area contributed by atoms with Crippen LogP contribution in [0.15, 0.2) is 29.3 Å². The van der Waals surface area contributed by atoms with E-state index in [1.165, 1.54) is 0 Å². The summed E-state index contributed by atoms with van der Waals surface area (Å²) in [7, 11) is 0. The van der Waals surface area contributed by atoms with Crippen LogP contribution in [0.25, 0.3) is 0 Å². The Morgan fingerprint density at radius 2 is 1.83 bits per heavy atom. The Labute approximate surface area is 166 Å². The van der Waals surface area contributed by atoms with E-state index in [0.717, 1.165) is 0 Å². The highest BCUT2D eigenvalue weighted by Gasteiger charge is 2.35. The summed E-state index contributed by atoms with van der Waals surface area (Å²) in [4.78, 5) is 48.3. The molecule has 0 bridgehead atoms. The van der Waals surface area contributed by atoms with Crippen LogP contribution in [0.3, 0.4) is 0 Å². The summed E-state index contributed by atoms with van der Waals surface area (Å²) in [6.45, 7) is 4.93. The van der Waals surface area contributed by atoms with E-state index in [2.05, 4.69) is 15.5 Å². The third-order valence-corrected chi connectivity index (χ3v) is 3.66. The van der Waals surface area contributed by atoms with Crippen LogP contribution in [-0.2, 0) is 35.4 Å². The summed E-state index contributed by atoms with van der Waals surface area (Å²) < 4.78 is 5.10. The van der Waals surface area contributed by atoms with E-state index in [1.807, 2.05) is 0 Å². The Morgan fingerprint density at radius 1 is 1.24 bits per heavy atom. The number of amides is 2. The Hall–Kier alpha value is -3.18. The highest BCUT2D eigenvalue weighted by atomic mass is 17.2. The molecule has 1 atom stereocenters. The van der Waals surface area contributed by atoms with Gasteiger partial charge in [-0.2, -0.15) is 0 Å². The molecule has 1 saturated heterocycles. The number of nitrogens with one attached hydrogen (secondary N) is 1. The molecule has 1 aliphatic rings. The molecule has 1 aromatic rings. The molecule has 11 heteroatoms. The summed E-state index contributed by atoms with van der Waals surface area (Å²) in [5.41, 5.74) is 2.41. The van der Waals surface area contributed by atoms with Gasteiger partial charge in [0.25, 0.3) is 11.8 Å². The quantitative estimate of drug-likeness (QED) is 0.217. The minimum atomic E-state index is -1.35. The number of carbonyl (C=O) groups excluding carboxylic acids is 3. The lowest BCUT2D eigenvalue weighted by Crippen LogP contribution is -2.39.